The molecule has 3 fully saturated rings. The Kier molecular flexibility index (Phi) is 7.70. The highest BCUT2D eigenvalue weighted by atomic mass is 32.7. The highest BCUT2D eigenvalue weighted by Gasteiger charge is 2.54. The van der Waals surface area contributed by atoms with Crippen LogP contribution in [0.25, 0.3) is 22.3 Å². The van der Waals surface area contributed by atoms with Gasteiger partial charge in [-0.3, -0.25) is 37.0 Å². The van der Waals surface area contributed by atoms with Gasteiger partial charge in [-0.2, -0.15) is 4.98 Å². The molecule has 0 aliphatic carbocycles. The first-order valence-corrected chi connectivity index (χ1v) is 18.3. The van der Waals surface area contributed by atoms with Crippen LogP contribution in [0.1, 0.15) is 12.5 Å². The average Bonchev–Trinajstić information content (AvgIpc) is 3.72. The first kappa shape index (κ1) is 30.9. The molecule has 3 aliphatic heterocycles. The summed E-state index contributed by atoms with van der Waals surface area (Å²) in [6, 6.07) is 0. The number of nitrogens with zero attached hydrogens (tertiary/aromatic N) is 7. The fourth-order valence-electron chi connectivity index (χ4n) is 5.25. The molecule has 0 aromatic carbocycles. The Balaban J connectivity index is 1.17. The quantitative estimate of drug-likeness (QED) is 0.146. The van der Waals surface area contributed by atoms with E-state index in [0.29, 0.717) is 0 Å². The van der Waals surface area contributed by atoms with Crippen molar-refractivity contribution in [2.24, 2.45) is 0 Å². The molecular formula is C20H22F2N10O9P2S2. The second-order valence-corrected chi connectivity index (χ2v) is 15.8. The van der Waals surface area contributed by atoms with Crippen LogP contribution in [0.4, 0.5) is 20.5 Å². The summed E-state index contributed by atoms with van der Waals surface area (Å²) in [5.41, 5.74) is 10.8. The first-order valence-electron chi connectivity index (χ1n) is 12.9. The second-order valence-electron chi connectivity index (χ2n) is 10.0. The van der Waals surface area contributed by atoms with Crippen molar-refractivity contribution in [3.63, 3.8) is 0 Å². The third-order valence-corrected chi connectivity index (χ3v) is 10.5. The van der Waals surface area contributed by atoms with Gasteiger partial charge in [-0.25, -0.2) is 37.8 Å². The van der Waals surface area contributed by atoms with Crippen molar-refractivity contribution in [3.8, 4) is 0 Å². The predicted molar refractivity (Wildman–Crippen MR) is 155 cm³/mol. The number of alkyl halides is 2. The Morgan fingerprint density at radius 1 is 0.844 bits per heavy atom. The van der Waals surface area contributed by atoms with Crippen molar-refractivity contribution >= 4 is 72.2 Å². The number of imidazole rings is 2. The summed E-state index contributed by atoms with van der Waals surface area (Å²) in [5, 5.41) is 0. The summed E-state index contributed by atoms with van der Waals surface area (Å²) >= 11 is 7.94. The third-order valence-electron chi connectivity index (χ3n) is 7.23. The lowest BCUT2D eigenvalue weighted by Crippen LogP contribution is -2.36. The van der Waals surface area contributed by atoms with E-state index in [1.807, 2.05) is 0 Å². The standard InChI is InChI=1S/C20H22F2N10O9P2S2/c21-8-12-6(38-18(8)31-4-27-10-14(23)25-3-26-15(10)31)1-36-43(35,45)41-13-7(2-37-42(34,44)40-12)39-19(9(13)22)32-5-28-11-16(32)29-20(24)30-17(11)33/h3-9,12-13,18-19H,1-2H2,(H,34,44)(H,35,45)(H2,23,25,26)(H3,24,29,30,33)/t6-,7-,8-,9-,12-,13-,18-,19-,42-,43-/m1/s1. The monoisotopic (exact) mass is 710 g/mol. The zero-order valence-electron chi connectivity index (χ0n) is 22.3. The van der Waals surface area contributed by atoms with E-state index in [2.05, 4.69) is 54.4 Å². The number of H-pyrrole nitrogens is 1. The summed E-state index contributed by atoms with van der Waals surface area (Å²) < 4.78 is 94.2. The van der Waals surface area contributed by atoms with Gasteiger partial charge in [0.15, 0.2) is 47.4 Å². The van der Waals surface area contributed by atoms with Crippen LogP contribution in [-0.4, -0.2) is 89.0 Å². The van der Waals surface area contributed by atoms with Crippen LogP contribution in [-0.2, 0) is 36.7 Å². The number of thiol groups is 2. The number of ether oxygens (including phenoxy) is 2. The van der Waals surface area contributed by atoms with Gasteiger partial charge in [-0.05, 0) is 0 Å². The summed E-state index contributed by atoms with van der Waals surface area (Å²) in [7, 11) is 0. The fraction of sp³-hybridized carbons (Fsp3) is 0.500. The maximum Gasteiger partial charge on any atom is 0.386 e. The van der Waals surface area contributed by atoms with Crippen LogP contribution < -0.4 is 17.0 Å². The van der Waals surface area contributed by atoms with Gasteiger partial charge in [-0.1, -0.05) is 24.5 Å². The zero-order chi connectivity index (χ0) is 31.8. The van der Waals surface area contributed by atoms with Crippen LogP contribution in [0, 0.1) is 0 Å². The van der Waals surface area contributed by atoms with Crippen molar-refractivity contribution < 1.29 is 45.5 Å². The number of nitrogens with two attached hydrogens (primary N) is 2. The molecule has 25 heteroatoms. The van der Waals surface area contributed by atoms with Crippen LogP contribution in [0.5, 0.6) is 0 Å². The van der Waals surface area contributed by atoms with Gasteiger partial charge in [0.2, 0.25) is 5.95 Å². The molecular weight excluding hydrogens is 688 g/mol. The van der Waals surface area contributed by atoms with E-state index in [4.69, 9.17) is 39.0 Å². The molecule has 0 bridgehead atoms. The second kappa shape index (κ2) is 11.2. The van der Waals surface area contributed by atoms with Gasteiger partial charge >= 0.3 is 13.6 Å². The van der Waals surface area contributed by atoms with Gasteiger partial charge in [0, 0.05) is 0 Å². The zero-order valence-corrected chi connectivity index (χ0v) is 25.8. The molecule has 7 heterocycles. The lowest BCUT2D eigenvalue weighted by molar-refractivity contribution is -0.0544. The maximum atomic E-state index is 16.0. The largest absolute Gasteiger partial charge is 0.386 e. The molecule has 3 aliphatic rings. The molecule has 242 valence electrons. The van der Waals surface area contributed by atoms with E-state index in [1.165, 1.54) is 10.9 Å². The Bertz CT molecular complexity index is 1950. The molecule has 0 unspecified atom stereocenters. The molecule has 3 saturated heterocycles. The minimum atomic E-state index is -4.44. The molecule has 19 nitrogen and oxygen atoms in total. The molecule has 7 rings (SSSR count). The molecule has 0 spiro atoms. The lowest BCUT2D eigenvalue weighted by Gasteiger charge is -2.28. The average molecular weight is 711 g/mol. The number of hydrogen-bond acceptors (Lipinski definition) is 16. The minimum absolute atomic E-state index is 0.0381. The summed E-state index contributed by atoms with van der Waals surface area (Å²) in [5.74, 6) is -0.231. The number of rotatable bonds is 2. The molecule has 45 heavy (non-hydrogen) atoms. The van der Waals surface area contributed by atoms with E-state index in [9.17, 15) is 13.9 Å². The van der Waals surface area contributed by atoms with Crippen molar-refractivity contribution in [2.45, 2.75) is 49.2 Å². The van der Waals surface area contributed by atoms with Gasteiger partial charge < -0.3 is 20.9 Å². The Labute approximate surface area is 259 Å². The lowest BCUT2D eigenvalue weighted by atomic mass is 10.1. The van der Waals surface area contributed by atoms with Gasteiger partial charge in [0.05, 0.1) is 25.9 Å². The number of hydrogen-bond donors (Lipinski definition) is 5. The van der Waals surface area contributed by atoms with Gasteiger partial charge in [-0.15, -0.1) is 0 Å². The molecule has 4 aromatic heterocycles. The normalized spacial score (nSPS) is 37.7. The van der Waals surface area contributed by atoms with Crippen LogP contribution >= 0.6 is 38.1 Å². The third kappa shape index (κ3) is 5.53. The van der Waals surface area contributed by atoms with E-state index < -0.39 is 81.6 Å². The molecule has 5 N–H and O–H groups in total. The number of nitrogens with one attached hydrogen (secondary N) is 1. The number of halogens is 2. The number of fused-ring (bicyclic) bond motifs is 4. The topological polar surface area (TPSA) is 249 Å². The predicted octanol–water partition coefficient (Wildman–Crippen LogP) is 1.49. The summed E-state index contributed by atoms with van der Waals surface area (Å²) in [4.78, 5) is 34.4. The number of anilines is 2. The molecule has 0 amide bonds. The Morgan fingerprint density at radius 2 is 1.38 bits per heavy atom. The van der Waals surface area contributed by atoms with Crippen molar-refractivity contribution in [3.05, 3.63) is 29.3 Å². The van der Waals surface area contributed by atoms with Crippen molar-refractivity contribution in [2.75, 3.05) is 24.7 Å². The molecule has 10 atom stereocenters. The van der Waals surface area contributed by atoms with E-state index in [-0.39, 0.29) is 34.1 Å². The van der Waals surface area contributed by atoms with Gasteiger partial charge in [0.25, 0.3) is 5.56 Å². The maximum absolute atomic E-state index is 16.0. The Morgan fingerprint density at radius 3 is 1.96 bits per heavy atom. The highest BCUT2D eigenvalue weighted by molar-refractivity contribution is 8.44. The SMILES string of the molecule is Nc1nc2c(ncn2[C@@H]2O[C@@H]3CO[P@@](=O)(S)O[C@H]4[C@@H](F)[C@H](n5cnc6c(N)ncnc65)O[C@@H]4CO[P@@](=O)(S)O[C@H]3[C@H]2F)c(=O)[nH]1. The van der Waals surface area contributed by atoms with Gasteiger partial charge in [0.1, 0.15) is 36.3 Å². The van der Waals surface area contributed by atoms with Crippen LogP contribution in [0.3, 0.4) is 0 Å². The number of nitrogen functional groups attached to an aromatic ring is 2. The van der Waals surface area contributed by atoms with E-state index >= 15 is 8.78 Å². The van der Waals surface area contributed by atoms with E-state index in [1.54, 1.807) is 0 Å². The highest BCUT2D eigenvalue weighted by Crippen LogP contribution is 2.60. The molecule has 4 aromatic rings. The molecule has 0 saturated carbocycles. The van der Waals surface area contributed by atoms with Crippen LogP contribution in [0.2, 0.25) is 0 Å². The smallest absolute Gasteiger partial charge is 0.382 e. The Hall–Kier alpha value is -2.72. The van der Waals surface area contributed by atoms with E-state index in [0.717, 1.165) is 17.2 Å². The van der Waals surface area contributed by atoms with Crippen LogP contribution in [0.15, 0.2) is 23.8 Å². The number of aromatic nitrogens is 8. The fourth-order valence-corrected chi connectivity index (χ4v) is 8.21. The van der Waals surface area contributed by atoms with Crippen molar-refractivity contribution in [1.82, 2.24) is 39.0 Å². The summed E-state index contributed by atoms with van der Waals surface area (Å²) in [6.45, 7) is -10.3. The first-order chi connectivity index (χ1) is 21.3. The summed E-state index contributed by atoms with van der Waals surface area (Å²) in [6.07, 6.45) is -9.92. The minimum Gasteiger partial charge on any atom is -0.382 e. The molecule has 0 radical (unpaired) electrons. The number of aromatic amines is 1. The van der Waals surface area contributed by atoms with Crippen molar-refractivity contribution in [1.29, 1.82) is 0 Å².